The van der Waals surface area contributed by atoms with Gasteiger partial charge in [0, 0.05) is 28.5 Å². The summed E-state index contributed by atoms with van der Waals surface area (Å²) in [6.07, 6.45) is 1.51. The number of thiophene rings is 1. The van der Waals surface area contributed by atoms with Crippen molar-refractivity contribution in [2.75, 3.05) is 30.0 Å². The minimum atomic E-state index is -2.79. The van der Waals surface area contributed by atoms with Gasteiger partial charge in [0.05, 0.1) is 34.6 Å². The maximum atomic E-state index is 13.0. The number of nitrogens with zero attached hydrogens (tertiary/aromatic N) is 2. The van der Waals surface area contributed by atoms with E-state index in [1.807, 2.05) is 5.32 Å². The van der Waals surface area contributed by atoms with E-state index in [0.717, 1.165) is 24.2 Å². The van der Waals surface area contributed by atoms with E-state index in [0.29, 0.717) is 5.69 Å². The van der Waals surface area contributed by atoms with Gasteiger partial charge in [-0.1, -0.05) is 6.07 Å². The van der Waals surface area contributed by atoms with Crippen LogP contribution in [0.3, 0.4) is 0 Å². The lowest BCUT2D eigenvalue weighted by Crippen LogP contribution is -2.22. The van der Waals surface area contributed by atoms with Crippen molar-refractivity contribution >= 4 is 57.8 Å². The van der Waals surface area contributed by atoms with E-state index in [2.05, 4.69) is 26.1 Å². The number of hydrogen-bond acceptors (Lipinski definition) is 9. The van der Waals surface area contributed by atoms with Gasteiger partial charge in [-0.05, 0) is 31.0 Å². The van der Waals surface area contributed by atoms with Crippen LogP contribution in [0.1, 0.15) is 47.5 Å². The smallest absolute Gasteiger partial charge is 0.273 e. The summed E-state index contributed by atoms with van der Waals surface area (Å²) in [6, 6.07) is 7.36. The molecule has 2 heterocycles. The number of amides is 4. The Hall–Kier alpha value is -4.52. The van der Waals surface area contributed by atoms with Crippen molar-refractivity contribution in [2.24, 2.45) is 11.7 Å². The monoisotopic (exact) mass is 512 g/mol. The molecular weight excluding hydrogens is 486 g/mol. The second kappa shape index (κ2) is 10.4. The highest BCUT2D eigenvalue weighted by Crippen LogP contribution is 2.34. The zero-order valence-electron chi connectivity index (χ0n) is 21.9. The van der Waals surface area contributed by atoms with E-state index >= 15 is 0 Å². The number of carbonyl (C=O) groups excluding carboxylic acids is 4. The maximum absolute atomic E-state index is 13.0. The predicted molar refractivity (Wildman–Crippen MR) is 134 cm³/mol. The molecule has 4 rings (SSSR count). The number of anilines is 4. The number of primary amides is 1. The highest BCUT2D eigenvalue weighted by molar-refractivity contribution is 7.12. The summed E-state index contributed by atoms with van der Waals surface area (Å²) in [5, 5.41) is 19.3. The Morgan fingerprint density at radius 3 is 2.58 bits per heavy atom. The fourth-order valence-corrected chi connectivity index (χ4v) is 3.95. The van der Waals surface area contributed by atoms with Gasteiger partial charge in [-0.3, -0.25) is 19.2 Å². The van der Waals surface area contributed by atoms with Gasteiger partial charge in [0.2, 0.25) is 5.91 Å². The fraction of sp³-hybridized carbons (Fsp3) is 0.217. The van der Waals surface area contributed by atoms with Crippen LogP contribution >= 0.6 is 11.3 Å². The molecule has 1 aromatic carbocycles. The van der Waals surface area contributed by atoms with E-state index < -0.39 is 24.7 Å². The zero-order valence-corrected chi connectivity index (χ0v) is 19.7. The summed E-state index contributed by atoms with van der Waals surface area (Å²) in [7, 11) is 1.33. The van der Waals surface area contributed by atoms with Crippen LogP contribution in [-0.2, 0) is 4.79 Å². The molecule has 4 amide bonds. The second-order valence-electron chi connectivity index (χ2n) is 7.74. The van der Waals surface area contributed by atoms with Crippen molar-refractivity contribution in [2.45, 2.75) is 12.8 Å². The van der Waals surface area contributed by atoms with Gasteiger partial charge < -0.3 is 31.7 Å². The van der Waals surface area contributed by atoms with Gasteiger partial charge in [-0.25, -0.2) is 0 Å². The highest BCUT2D eigenvalue weighted by atomic mass is 32.1. The van der Waals surface area contributed by atoms with Crippen molar-refractivity contribution in [1.82, 2.24) is 15.5 Å². The summed E-state index contributed by atoms with van der Waals surface area (Å²) in [6.45, 7) is -2.79. The van der Waals surface area contributed by atoms with Crippen molar-refractivity contribution < 1.29 is 28.0 Å². The van der Waals surface area contributed by atoms with Crippen molar-refractivity contribution in [3.05, 3.63) is 51.8 Å². The van der Waals surface area contributed by atoms with Crippen LogP contribution in [-0.4, -0.2) is 47.9 Å². The molecule has 186 valence electrons. The van der Waals surface area contributed by atoms with Crippen LogP contribution in [0.2, 0.25) is 0 Å². The predicted octanol–water partition coefficient (Wildman–Crippen LogP) is 2.35. The number of hydrogen-bond donors (Lipinski definition) is 5. The van der Waals surface area contributed by atoms with Crippen molar-refractivity contribution in [3.8, 4) is 5.75 Å². The molecule has 0 radical (unpaired) electrons. The Morgan fingerprint density at radius 1 is 1.11 bits per heavy atom. The Morgan fingerprint density at radius 2 is 1.92 bits per heavy atom. The maximum Gasteiger partial charge on any atom is 0.273 e. The number of methoxy groups -OCH3 is 1. The Labute approximate surface area is 213 Å². The minimum absolute atomic E-state index is 0.00219. The quantitative estimate of drug-likeness (QED) is 0.290. The Bertz CT molecular complexity index is 1460. The van der Waals surface area contributed by atoms with E-state index in [-0.39, 0.29) is 50.9 Å². The number of nitrogens with one attached hydrogen (secondary N) is 4. The number of ether oxygens (including phenoxy) is 1. The standard InChI is InChI=1S/C23H23N7O5S/c1-25-23(34)18-15(9-17(29-30-18)28-21(32)11-6-7-11)27-14-5-3-4-13(19(14)35-2)22(33)26-12-8-16(20(24)31)36-10-12/h3-5,8-11H,6-7H2,1-2H3,(H2,24,31)(H,25,34)(H,26,33)(H2,27,28,29,32)/i1D3. The molecule has 1 fully saturated rings. The molecule has 36 heavy (non-hydrogen) atoms. The summed E-state index contributed by atoms with van der Waals surface area (Å²) in [5.74, 6) is -2.48. The average Bonchev–Trinajstić information content (AvgIpc) is 3.61. The van der Waals surface area contributed by atoms with Gasteiger partial charge in [0.1, 0.15) is 0 Å². The Balaban J connectivity index is 1.66. The van der Waals surface area contributed by atoms with Crippen LogP contribution < -0.4 is 31.7 Å². The third kappa shape index (κ3) is 5.41. The van der Waals surface area contributed by atoms with Crippen molar-refractivity contribution in [1.29, 1.82) is 0 Å². The number of benzene rings is 1. The molecule has 0 unspecified atom stereocenters. The van der Waals surface area contributed by atoms with E-state index in [1.54, 1.807) is 17.5 Å². The van der Waals surface area contributed by atoms with Gasteiger partial charge >= 0.3 is 0 Å². The first-order valence-electron chi connectivity index (χ1n) is 12.1. The van der Waals surface area contributed by atoms with Crippen LogP contribution in [0, 0.1) is 5.92 Å². The Kier molecular flexibility index (Phi) is 6.01. The second-order valence-corrected chi connectivity index (χ2v) is 8.65. The van der Waals surface area contributed by atoms with Crippen LogP contribution in [0.4, 0.5) is 22.9 Å². The number of rotatable bonds is 9. The van der Waals surface area contributed by atoms with Crippen LogP contribution in [0.5, 0.6) is 5.75 Å². The minimum Gasteiger partial charge on any atom is -0.494 e. The summed E-state index contributed by atoms with van der Waals surface area (Å²) in [5.41, 5.74) is 5.58. The van der Waals surface area contributed by atoms with Gasteiger partial charge in [-0.15, -0.1) is 21.5 Å². The largest absolute Gasteiger partial charge is 0.494 e. The van der Waals surface area contributed by atoms with Gasteiger partial charge in [0.15, 0.2) is 17.3 Å². The molecule has 6 N–H and O–H groups in total. The first-order chi connectivity index (χ1) is 18.4. The molecule has 0 saturated heterocycles. The topological polar surface area (TPSA) is 177 Å². The molecule has 12 nitrogen and oxygen atoms in total. The third-order valence-electron chi connectivity index (χ3n) is 5.16. The normalized spacial score (nSPS) is 14.0. The lowest BCUT2D eigenvalue weighted by Gasteiger charge is -2.16. The van der Waals surface area contributed by atoms with Gasteiger partial charge in [0.25, 0.3) is 17.7 Å². The molecule has 0 bridgehead atoms. The van der Waals surface area contributed by atoms with E-state index in [1.165, 1.54) is 25.3 Å². The van der Waals surface area contributed by atoms with Crippen molar-refractivity contribution in [3.63, 3.8) is 0 Å². The lowest BCUT2D eigenvalue weighted by atomic mass is 10.1. The number of nitrogens with two attached hydrogens (primary N) is 1. The molecule has 1 saturated carbocycles. The van der Waals surface area contributed by atoms with E-state index in [9.17, 15) is 19.2 Å². The summed E-state index contributed by atoms with van der Waals surface area (Å²) < 4.78 is 27.5. The third-order valence-corrected chi connectivity index (χ3v) is 6.10. The molecule has 2 aromatic heterocycles. The summed E-state index contributed by atoms with van der Waals surface area (Å²) >= 11 is 1.08. The molecular formula is C23H23N7O5S. The summed E-state index contributed by atoms with van der Waals surface area (Å²) in [4.78, 5) is 49.6. The highest BCUT2D eigenvalue weighted by Gasteiger charge is 2.30. The molecule has 13 heteroatoms. The van der Waals surface area contributed by atoms with Gasteiger partial charge in [-0.2, -0.15) is 0 Å². The first kappa shape index (κ1) is 20.8. The van der Waals surface area contributed by atoms with Crippen LogP contribution in [0.25, 0.3) is 0 Å². The average molecular weight is 513 g/mol. The molecule has 1 aliphatic carbocycles. The SMILES string of the molecule is [2H]C([2H])([2H])NC(=O)c1nnc(NC(=O)C2CC2)cc1Nc1cccc(C(=O)Nc2csc(C(N)=O)c2)c1OC. The van der Waals surface area contributed by atoms with E-state index in [4.69, 9.17) is 14.6 Å². The first-order valence-corrected chi connectivity index (χ1v) is 11.5. The molecule has 0 atom stereocenters. The fourth-order valence-electron chi connectivity index (χ4n) is 3.26. The molecule has 0 aliphatic heterocycles. The zero-order chi connectivity index (χ0) is 28.3. The lowest BCUT2D eigenvalue weighted by molar-refractivity contribution is -0.117. The number of para-hydroxylation sites is 1. The van der Waals surface area contributed by atoms with Crippen LogP contribution in [0.15, 0.2) is 35.7 Å². The number of carbonyl (C=O) groups is 4. The molecule has 1 aliphatic rings. The molecule has 0 spiro atoms. The number of aromatic nitrogens is 2. The molecule has 3 aromatic rings.